The minimum Gasteiger partial charge on any atom is -0.372 e. The third kappa shape index (κ3) is 4.13. The van der Waals surface area contributed by atoms with Crippen LogP contribution in [-0.4, -0.2) is 23.1 Å². The van der Waals surface area contributed by atoms with Crippen LogP contribution in [0.4, 0.5) is 37.5 Å². The van der Waals surface area contributed by atoms with E-state index >= 15 is 0 Å². The van der Waals surface area contributed by atoms with Crippen molar-refractivity contribution in [2.24, 2.45) is 0 Å². The lowest BCUT2D eigenvalue weighted by atomic mass is 10.2. The molecular formula is C20H19F2N5. The van der Waals surface area contributed by atoms with Gasteiger partial charge in [-0.3, -0.25) is 0 Å². The average Bonchev–Trinajstić information content (AvgIpc) is 3.20. The lowest BCUT2D eigenvalue weighted by molar-refractivity contribution is 0.586. The molecule has 1 fully saturated rings. The molecule has 4 rings (SSSR count). The van der Waals surface area contributed by atoms with Crippen LogP contribution in [0.2, 0.25) is 0 Å². The average molecular weight is 367 g/mol. The Kier molecular flexibility index (Phi) is 4.82. The van der Waals surface area contributed by atoms with Gasteiger partial charge in [-0.25, -0.2) is 18.7 Å². The van der Waals surface area contributed by atoms with Crippen molar-refractivity contribution in [1.29, 1.82) is 0 Å². The van der Waals surface area contributed by atoms with Crippen LogP contribution in [-0.2, 0) is 0 Å². The number of nitrogens with one attached hydrogen (secondary N) is 2. The van der Waals surface area contributed by atoms with Crippen molar-refractivity contribution < 1.29 is 8.78 Å². The third-order valence-electron chi connectivity index (χ3n) is 4.47. The van der Waals surface area contributed by atoms with Gasteiger partial charge in [0.05, 0.1) is 5.69 Å². The summed E-state index contributed by atoms with van der Waals surface area (Å²) in [4.78, 5) is 10.6. The summed E-state index contributed by atoms with van der Waals surface area (Å²) in [7, 11) is 0. The van der Waals surface area contributed by atoms with Gasteiger partial charge in [0.25, 0.3) is 0 Å². The van der Waals surface area contributed by atoms with E-state index in [2.05, 4.69) is 37.6 Å². The molecule has 3 aromatic rings. The van der Waals surface area contributed by atoms with Crippen LogP contribution in [0.15, 0.2) is 54.9 Å². The van der Waals surface area contributed by atoms with Crippen LogP contribution in [0.3, 0.4) is 0 Å². The predicted octanol–water partition coefficient (Wildman–Crippen LogP) is 4.84. The van der Waals surface area contributed by atoms with Gasteiger partial charge < -0.3 is 15.5 Å². The molecule has 0 aliphatic carbocycles. The number of aromatic nitrogens is 2. The highest BCUT2D eigenvalue weighted by molar-refractivity contribution is 5.64. The zero-order valence-electron chi connectivity index (χ0n) is 14.6. The Hall–Kier alpha value is -3.22. The van der Waals surface area contributed by atoms with Crippen LogP contribution in [0, 0.1) is 11.6 Å². The quantitative estimate of drug-likeness (QED) is 0.676. The number of hydrogen-bond donors (Lipinski definition) is 2. The molecule has 0 spiro atoms. The molecule has 2 N–H and O–H groups in total. The van der Waals surface area contributed by atoms with Crippen LogP contribution in [0.5, 0.6) is 0 Å². The zero-order chi connectivity index (χ0) is 18.6. The highest BCUT2D eigenvalue weighted by Crippen LogP contribution is 2.25. The molecule has 7 heteroatoms. The number of benzene rings is 2. The van der Waals surface area contributed by atoms with Gasteiger partial charge >= 0.3 is 0 Å². The Balaban J connectivity index is 1.46. The van der Waals surface area contributed by atoms with Crippen molar-refractivity contribution in [3.8, 4) is 0 Å². The van der Waals surface area contributed by atoms with E-state index in [1.807, 2.05) is 12.1 Å². The summed E-state index contributed by atoms with van der Waals surface area (Å²) in [6, 6.07) is 13.2. The van der Waals surface area contributed by atoms with E-state index in [0.717, 1.165) is 24.8 Å². The highest BCUT2D eigenvalue weighted by Gasteiger charge is 2.12. The van der Waals surface area contributed by atoms with Gasteiger partial charge in [0.1, 0.15) is 29.6 Å². The number of halogens is 2. The summed E-state index contributed by atoms with van der Waals surface area (Å²) in [5.74, 6) is -0.322. The van der Waals surface area contributed by atoms with E-state index < -0.39 is 11.6 Å². The lowest BCUT2D eigenvalue weighted by Gasteiger charge is -2.18. The van der Waals surface area contributed by atoms with E-state index in [1.54, 1.807) is 6.07 Å². The SMILES string of the molecule is Fc1ccc(Nc2cc(Nc3ccc(N4CCCC4)cc3)ncn2)c(F)c1. The van der Waals surface area contributed by atoms with E-state index in [-0.39, 0.29) is 5.69 Å². The van der Waals surface area contributed by atoms with E-state index in [9.17, 15) is 8.78 Å². The number of anilines is 5. The molecule has 0 atom stereocenters. The summed E-state index contributed by atoms with van der Waals surface area (Å²) in [6.45, 7) is 2.21. The van der Waals surface area contributed by atoms with Crippen molar-refractivity contribution in [3.05, 3.63) is 66.5 Å². The van der Waals surface area contributed by atoms with Gasteiger partial charge in [0.15, 0.2) is 0 Å². The Morgan fingerprint density at radius 3 is 2.22 bits per heavy atom. The monoisotopic (exact) mass is 367 g/mol. The number of nitrogens with zero attached hydrogens (tertiary/aromatic N) is 3. The van der Waals surface area contributed by atoms with Crippen LogP contribution in [0.25, 0.3) is 0 Å². The van der Waals surface area contributed by atoms with Crippen molar-refractivity contribution in [3.63, 3.8) is 0 Å². The van der Waals surface area contributed by atoms with Crippen LogP contribution < -0.4 is 15.5 Å². The van der Waals surface area contributed by atoms with Crippen molar-refractivity contribution >= 4 is 28.7 Å². The Morgan fingerprint density at radius 2 is 1.52 bits per heavy atom. The van der Waals surface area contributed by atoms with Crippen LogP contribution in [0.1, 0.15) is 12.8 Å². The third-order valence-corrected chi connectivity index (χ3v) is 4.47. The number of rotatable bonds is 5. The smallest absolute Gasteiger partial charge is 0.149 e. The fourth-order valence-corrected chi connectivity index (χ4v) is 3.10. The number of hydrogen-bond acceptors (Lipinski definition) is 5. The van der Waals surface area contributed by atoms with Crippen LogP contribution >= 0.6 is 0 Å². The molecule has 1 saturated heterocycles. The van der Waals surface area contributed by atoms with E-state index in [1.165, 1.54) is 37.0 Å². The standard InChI is InChI=1S/C20H19F2N5/c21-14-3-8-18(17(22)11-14)26-20-12-19(23-13-24-20)25-15-4-6-16(7-5-15)27-9-1-2-10-27/h3-8,11-13H,1-2,9-10H2,(H2,23,24,25,26). The molecule has 27 heavy (non-hydrogen) atoms. The lowest BCUT2D eigenvalue weighted by Crippen LogP contribution is -2.17. The first-order valence-electron chi connectivity index (χ1n) is 8.83. The molecule has 0 radical (unpaired) electrons. The summed E-state index contributed by atoms with van der Waals surface area (Å²) in [5.41, 5.74) is 2.27. The summed E-state index contributed by atoms with van der Waals surface area (Å²) >= 11 is 0. The molecule has 1 aromatic heterocycles. The fourth-order valence-electron chi connectivity index (χ4n) is 3.10. The molecule has 2 aromatic carbocycles. The maximum absolute atomic E-state index is 13.8. The second kappa shape index (κ2) is 7.57. The molecule has 0 bridgehead atoms. The zero-order valence-corrected chi connectivity index (χ0v) is 14.6. The van der Waals surface area contributed by atoms with E-state index in [4.69, 9.17) is 0 Å². The molecular weight excluding hydrogens is 348 g/mol. The molecule has 0 saturated carbocycles. The minimum absolute atomic E-state index is 0.149. The predicted molar refractivity (Wildman–Crippen MR) is 103 cm³/mol. The first-order valence-corrected chi connectivity index (χ1v) is 8.83. The second-order valence-electron chi connectivity index (χ2n) is 6.40. The maximum atomic E-state index is 13.8. The first-order chi connectivity index (χ1) is 13.2. The Bertz CT molecular complexity index is 924. The highest BCUT2D eigenvalue weighted by atomic mass is 19.1. The van der Waals surface area contributed by atoms with Gasteiger partial charge in [-0.05, 0) is 49.2 Å². The maximum Gasteiger partial charge on any atom is 0.149 e. The molecule has 1 aliphatic rings. The van der Waals surface area contributed by atoms with Gasteiger partial charge in [-0.15, -0.1) is 0 Å². The Morgan fingerprint density at radius 1 is 0.815 bits per heavy atom. The topological polar surface area (TPSA) is 53.1 Å². The largest absolute Gasteiger partial charge is 0.372 e. The molecule has 0 amide bonds. The van der Waals surface area contributed by atoms with Crippen molar-refractivity contribution in [2.45, 2.75) is 12.8 Å². The van der Waals surface area contributed by atoms with Gasteiger partial charge in [-0.1, -0.05) is 0 Å². The summed E-state index contributed by atoms with van der Waals surface area (Å²) in [5, 5.41) is 6.04. The van der Waals surface area contributed by atoms with Gasteiger partial charge in [-0.2, -0.15) is 0 Å². The first kappa shape index (κ1) is 17.2. The van der Waals surface area contributed by atoms with Gasteiger partial charge in [0, 0.05) is 36.6 Å². The van der Waals surface area contributed by atoms with Gasteiger partial charge in [0.2, 0.25) is 0 Å². The fraction of sp³-hybridized carbons (Fsp3) is 0.200. The summed E-state index contributed by atoms with van der Waals surface area (Å²) < 4.78 is 26.8. The molecule has 138 valence electrons. The van der Waals surface area contributed by atoms with Crippen molar-refractivity contribution in [2.75, 3.05) is 28.6 Å². The normalized spacial score (nSPS) is 13.6. The minimum atomic E-state index is -0.680. The second-order valence-corrected chi connectivity index (χ2v) is 6.40. The molecule has 0 unspecified atom stereocenters. The molecule has 1 aliphatic heterocycles. The summed E-state index contributed by atoms with van der Waals surface area (Å²) in [6.07, 6.45) is 3.86. The van der Waals surface area contributed by atoms with Crippen molar-refractivity contribution in [1.82, 2.24) is 9.97 Å². The molecule has 2 heterocycles. The molecule has 5 nitrogen and oxygen atoms in total. The Labute approximate surface area is 156 Å². The van der Waals surface area contributed by atoms with E-state index in [0.29, 0.717) is 11.6 Å².